The van der Waals surface area contributed by atoms with Crippen molar-refractivity contribution < 1.29 is 8.42 Å². The quantitative estimate of drug-likeness (QED) is 0.827. The van der Waals surface area contributed by atoms with E-state index >= 15 is 0 Å². The van der Waals surface area contributed by atoms with Crippen LogP contribution in [0.5, 0.6) is 0 Å². The summed E-state index contributed by atoms with van der Waals surface area (Å²) in [5.74, 6) is -0.0373. The van der Waals surface area contributed by atoms with Crippen molar-refractivity contribution in [3.8, 4) is 6.07 Å². The van der Waals surface area contributed by atoms with Gasteiger partial charge in [0.2, 0.25) is 0 Å². The highest BCUT2D eigenvalue weighted by Crippen LogP contribution is 2.18. The number of rotatable bonds is 5. The van der Waals surface area contributed by atoms with Gasteiger partial charge in [-0.05, 0) is 24.1 Å². The second-order valence-electron chi connectivity index (χ2n) is 3.83. The summed E-state index contributed by atoms with van der Waals surface area (Å²) in [4.78, 5) is 0. The van der Waals surface area contributed by atoms with Crippen LogP contribution >= 0.6 is 11.6 Å². The van der Waals surface area contributed by atoms with Gasteiger partial charge in [-0.15, -0.1) is 0 Å². The van der Waals surface area contributed by atoms with Gasteiger partial charge < -0.3 is 0 Å². The van der Waals surface area contributed by atoms with Crippen molar-refractivity contribution in [3.05, 3.63) is 34.9 Å². The lowest BCUT2D eigenvalue weighted by molar-refractivity contribution is 0.575. The molecule has 0 bridgehead atoms. The Bertz CT molecular complexity index is 502. The van der Waals surface area contributed by atoms with Gasteiger partial charge in [0.05, 0.1) is 23.5 Å². The van der Waals surface area contributed by atoms with Gasteiger partial charge in [0, 0.05) is 5.02 Å². The molecule has 1 unspecified atom stereocenters. The Hall–Kier alpha value is -1.05. The maximum absolute atomic E-state index is 12.0. The fourth-order valence-corrected chi connectivity index (χ4v) is 3.41. The summed E-state index contributed by atoms with van der Waals surface area (Å²) in [6, 6.07) is 8.63. The van der Waals surface area contributed by atoms with E-state index in [2.05, 4.69) is 0 Å². The topological polar surface area (TPSA) is 57.9 Å². The predicted molar refractivity (Wildman–Crippen MR) is 68.4 cm³/mol. The third-order valence-electron chi connectivity index (χ3n) is 2.56. The van der Waals surface area contributed by atoms with E-state index in [0.717, 1.165) is 0 Å². The summed E-state index contributed by atoms with van der Waals surface area (Å²) in [5.41, 5.74) is 0.700. The molecule has 1 atom stereocenters. The molecule has 0 heterocycles. The van der Waals surface area contributed by atoms with Crippen molar-refractivity contribution in [2.45, 2.75) is 30.8 Å². The number of hydrogen-bond donors (Lipinski definition) is 0. The molecule has 17 heavy (non-hydrogen) atoms. The fourth-order valence-electron chi connectivity index (χ4n) is 1.56. The second-order valence-corrected chi connectivity index (χ2v) is 6.54. The Morgan fingerprint density at radius 3 is 2.41 bits per heavy atom. The average Bonchev–Trinajstić information content (AvgIpc) is 2.28. The Balaban J connectivity index is 2.86. The van der Waals surface area contributed by atoms with Crippen LogP contribution in [-0.2, 0) is 15.6 Å². The lowest BCUT2D eigenvalue weighted by Gasteiger charge is -2.12. The standard InChI is InChI=1S/C12H14ClNO2S/c1-2-12(7-8-14)17(15,16)9-10-3-5-11(13)6-4-10/h3-6,12H,2,7,9H2,1H3. The summed E-state index contributed by atoms with van der Waals surface area (Å²) in [7, 11) is -3.27. The summed E-state index contributed by atoms with van der Waals surface area (Å²) < 4.78 is 24.0. The summed E-state index contributed by atoms with van der Waals surface area (Å²) in [6.45, 7) is 1.78. The van der Waals surface area contributed by atoms with E-state index in [1.807, 2.05) is 6.07 Å². The SMILES string of the molecule is CCC(CC#N)S(=O)(=O)Cc1ccc(Cl)cc1. The van der Waals surface area contributed by atoms with Crippen LogP contribution in [0.1, 0.15) is 25.3 Å². The van der Waals surface area contributed by atoms with E-state index < -0.39 is 15.1 Å². The minimum absolute atomic E-state index is 0.0373. The first-order valence-corrected chi connectivity index (χ1v) is 7.42. The third-order valence-corrected chi connectivity index (χ3v) is 5.07. The van der Waals surface area contributed by atoms with Crippen LogP contribution in [0.2, 0.25) is 5.02 Å². The first-order valence-electron chi connectivity index (χ1n) is 5.32. The zero-order valence-corrected chi connectivity index (χ0v) is 11.1. The molecule has 0 aromatic heterocycles. The maximum Gasteiger partial charge on any atom is 0.158 e. The van der Waals surface area contributed by atoms with E-state index in [9.17, 15) is 8.42 Å². The van der Waals surface area contributed by atoms with Crippen LogP contribution in [0.4, 0.5) is 0 Å². The largest absolute Gasteiger partial charge is 0.228 e. The summed E-state index contributed by atoms with van der Waals surface area (Å²) in [5, 5.41) is 8.60. The van der Waals surface area contributed by atoms with E-state index in [1.54, 1.807) is 31.2 Å². The third kappa shape index (κ3) is 4.03. The predicted octanol–water partition coefficient (Wildman–Crippen LogP) is 2.95. The van der Waals surface area contributed by atoms with E-state index in [4.69, 9.17) is 16.9 Å². The van der Waals surface area contributed by atoms with Crippen LogP contribution in [0.3, 0.4) is 0 Å². The van der Waals surface area contributed by atoms with Crippen LogP contribution in [0.15, 0.2) is 24.3 Å². The molecule has 0 amide bonds. The van der Waals surface area contributed by atoms with Gasteiger partial charge in [-0.25, -0.2) is 8.42 Å². The number of halogens is 1. The molecule has 0 aliphatic rings. The van der Waals surface area contributed by atoms with Crippen molar-refractivity contribution in [1.82, 2.24) is 0 Å². The molecule has 1 aromatic carbocycles. The van der Waals surface area contributed by atoms with Crippen molar-refractivity contribution >= 4 is 21.4 Å². The van der Waals surface area contributed by atoms with Crippen molar-refractivity contribution in [2.75, 3.05) is 0 Å². The lowest BCUT2D eigenvalue weighted by atomic mass is 10.2. The van der Waals surface area contributed by atoms with Crippen LogP contribution < -0.4 is 0 Å². The van der Waals surface area contributed by atoms with Crippen molar-refractivity contribution in [1.29, 1.82) is 5.26 Å². The fraction of sp³-hybridized carbons (Fsp3) is 0.417. The molecule has 5 heteroatoms. The monoisotopic (exact) mass is 271 g/mol. The van der Waals surface area contributed by atoms with Gasteiger partial charge in [-0.3, -0.25) is 0 Å². The molecule has 0 saturated heterocycles. The van der Waals surface area contributed by atoms with Crippen LogP contribution in [0.25, 0.3) is 0 Å². The van der Waals surface area contributed by atoms with Crippen molar-refractivity contribution in [2.24, 2.45) is 0 Å². The van der Waals surface area contributed by atoms with Crippen molar-refractivity contribution in [3.63, 3.8) is 0 Å². The second kappa shape index (κ2) is 6.04. The van der Waals surface area contributed by atoms with Gasteiger partial charge in [-0.1, -0.05) is 30.7 Å². The molecular formula is C12H14ClNO2S. The average molecular weight is 272 g/mol. The summed E-state index contributed by atoms with van der Waals surface area (Å²) in [6.07, 6.45) is 0.510. The Labute approximate surface area is 107 Å². The maximum atomic E-state index is 12.0. The smallest absolute Gasteiger partial charge is 0.158 e. The zero-order valence-electron chi connectivity index (χ0n) is 9.56. The zero-order chi connectivity index (χ0) is 12.9. The molecule has 0 saturated carbocycles. The first-order chi connectivity index (χ1) is 7.99. The molecule has 0 N–H and O–H groups in total. The molecule has 0 spiro atoms. The Morgan fingerprint density at radius 1 is 1.35 bits per heavy atom. The summed E-state index contributed by atoms with van der Waals surface area (Å²) >= 11 is 5.73. The number of nitrogens with zero attached hydrogens (tertiary/aromatic N) is 1. The number of benzene rings is 1. The van der Waals surface area contributed by atoms with E-state index in [1.165, 1.54) is 0 Å². The molecule has 0 fully saturated rings. The highest BCUT2D eigenvalue weighted by molar-refractivity contribution is 7.91. The Morgan fingerprint density at radius 2 is 1.94 bits per heavy atom. The molecule has 0 aliphatic carbocycles. The molecule has 3 nitrogen and oxygen atoms in total. The normalized spacial score (nSPS) is 13.0. The number of hydrogen-bond acceptors (Lipinski definition) is 3. The van der Waals surface area contributed by atoms with Crippen LogP contribution in [0, 0.1) is 11.3 Å². The molecule has 1 aromatic rings. The van der Waals surface area contributed by atoms with Gasteiger partial charge in [0.25, 0.3) is 0 Å². The number of sulfone groups is 1. The van der Waals surface area contributed by atoms with Crippen LogP contribution in [-0.4, -0.2) is 13.7 Å². The molecule has 0 radical (unpaired) electrons. The van der Waals surface area contributed by atoms with Gasteiger partial charge in [0.1, 0.15) is 0 Å². The molecule has 0 aliphatic heterocycles. The minimum Gasteiger partial charge on any atom is -0.228 e. The van der Waals surface area contributed by atoms with Gasteiger partial charge in [-0.2, -0.15) is 5.26 Å². The molecular weight excluding hydrogens is 258 g/mol. The first kappa shape index (κ1) is 14.0. The molecule has 92 valence electrons. The molecule has 1 rings (SSSR count). The van der Waals surface area contributed by atoms with E-state index in [-0.39, 0.29) is 12.2 Å². The highest BCUT2D eigenvalue weighted by atomic mass is 35.5. The highest BCUT2D eigenvalue weighted by Gasteiger charge is 2.23. The van der Waals surface area contributed by atoms with Gasteiger partial charge in [0.15, 0.2) is 9.84 Å². The van der Waals surface area contributed by atoms with Gasteiger partial charge >= 0.3 is 0 Å². The Kier molecular flexibility index (Phi) is 4.98. The van der Waals surface area contributed by atoms with E-state index in [0.29, 0.717) is 17.0 Å². The minimum atomic E-state index is -3.27. The number of nitriles is 1. The lowest BCUT2D eigenvalue weighted by Crippen LogP contribution is -2.21.